The van der Waals surface area contributed by atoms with Gasteiger partial charge in [-0.3, -0.25) is 4.79 Å². The lowest BCUT2D eigenvalue weighted by Crippen LogP contribution is -2.29. The average Bonchev–Trinajstić information content (AvgIpc) is 2.44. The number of hydrogen-bond donors (Lipinski definition) is 0. The Balaban J connectivity index is 3.70. The molecule has 0 aromatic heterocycles. The van der Waals surface area contributed by atoms with Crippen molar-refractivity contribution in [3.63, 3.8) is 0 Å². The number of carbonyl (C=O) groups excluding carboxylic acids is 1. The van der Waals surface area contributed by atoms with E-state index in [1.807, 2.05) is 0 Å². The third-order valence-corrected chi connectivity index (χ3v) is 6.04. The van der Waals surface area contributed by atoms with E-state index in [9.17, 15) is 4.79 Å². The molecule has 0 N–H and O–H groups in total. The molecule has 2 nitrogen and oxygen atoms in total. The Morgan fingerprint density at radius 1 is 0.692 bits per heavy atom. The lowest BCUT2D eigenvalue weighted by atomic mass is 9.91. The van der Waals surface area contributed by atoms with Crippen molar-refractivity contribution in [2.75, 3.05) is 0 Å². The van der Waals surface area contributed by atoms with Crippen LogP contribution in [0.2, 0.25) is 19.6 Å². The molecule has 3 atom stereocenters. The van der Waals surface area contributed by atoms with Crippen LogP contribution < -0.4 is 0 Å². The second-order valence-corrected chi connectivity index (χ2v) is 14.7. The van der Waals surface area contributed by atoms with E-state index in [4.69, 9.17) is 4.43 Å². The van der Waals surface area contributed by atoms with Crippen LogP contribution >= 0.6 is 0 Å². The first-order chi connectivity index (χ1) is 12.0. The molecule has 0 fully saturated rings. The molecule has 0 amide bonds. The molecule has 26 heavy (non-hydrogen) atoms. The van der Waals surface area contributed by atoms with Crippen molar-refractivity contribution in [3.8, 4) is 0 Å². The van der Waals surface area contributed by atoms with Crippen molar-refractivity contribution in [1.29, 1.82) is 0 Å². The van der Waals surface area contributed by atoms with Gasteiger partial charge in [0.05, 0.1) is 0 Å². The van der Waals surface area contributed by atoms with Crippen LogP contribution in [-0.4, -0.2) is 14.3 Å². The highest BCUT2D eigenvalue weighted by molar-refractivity contribution is 6.71. The summed E-state index contributed by atoms with van der Waals surface area (Å²) in [6, 6.07) is 0. The van der Waals surface area contributed by atoms with Gasteiger partial charge in [0.25, 0.3) is 5.97 Å². The topological polar surface area (TPSA) is 26.3 Å². The van der Waals surface area contributed by atoms with Gasteiger partial charge in [-0.1, -0.05) is 92.4 Å². The number of rotatable bonds is 15. The minimum atomic E-state index is -1.72. The summed E-state index contributed by atoms with van der Waals surface area (Å²) >= 11 is 0. The molecule has 0 aliphatic rings. The van der Waals surface area contributed by atoms with Crippen molar-refractivity contribution in [2.24, 2.45) is 23.7 Å². The molecule has 0 aromatic rings. The zero-order valence-electron chi connectivity index (χ0n) is 19.2. The third-order valence-electron chi connectivity index (χ3n) is 5.20. The van der Waals surface area contributed by atoms with Crippen molar-refractivity contribution in [1.82, 2.24) is 0 Å². The van der Waals surface area contributed by atoms with Crippen molar-refractivity contribution < 1.29 is 9.22 Å². The monoisotopic (exact) mass is 384 g/mol. The maximum absolute atomic E-state index is 11.9. The molecule has 3 unspecified atom stereocenters. The highest BCUT2D eigenvalue weighted by Crippen LogP contribution is 2.23. The molecular formula is C23H48O2Si. The standard InChI is InChI=1S/C23H48O2Si/c1-19(2)12-9-13-20(3)14-10-15-21(4)16-11-17-22(5)18-23(24)25-26(6,7)8/h19-22H,9-18H2,1-8H3. The predicted molar refractivity (Wildman–Crippen MR) is 118 cm³/mol. The molecule has 3 heteroatoms. The zero-order valence-corrected chi connectivity index (χ0v) is 20.2. The van der Waals surface area contributed by atoms with Gasteiger partial charge in [0, 0.05) is 6.42 Å². The van der Waals surface area contributed by atoms with Gasteiger partial charge in [0.1, 0.15) is 0 Å². The average molecular weight is 385 g/mol. The smallest absolute Gasteiger partial charge is 0.292 e. The Morgan fingerprint density at radius 2 is 1.08 bits per heavy atom. The first-order valence-electron chi connectivity index (χ1n) is 11.2. The summed E-state index contributed by atoms with van der Waals surface area (Å²) in [6.45, 7) is 17.9. The van der Waals surface area contributed by atoms with E-state index in [0.717, 1.165) is 24.2 Å². The van der Waals surface area contributed by atoms with Crippen LogP contribution in [0, 0.1) is 23.7 Å². The van der Waals surface area contributed by atoms with E-state index >= 15 is 0 Å². The summed E-state index contributed by atoms with van der Waals surface area (Å²) < 4.78 is 5.55. The molecule has 156 valence electrons. The summed E-state index contributed by atoms with van der Waals surface area (Å²) in [5.41, 5.74) is 0. The quantitative estimate of drug-likeness (QED) is 0.269. The normalized spacial score (nSPS) is 15.7. The lowest BCUT2D eigenvalue weighted by molar-refractivity contribution is -0.136. The second-order valence-electron chi connectivity index (χ2n) is 10.3. The number of carbonyl (C=O) groups is 1. The summed E-state index contributed by atoms with van der Waals surface area (Å²) in [7, 11) is -1.72. The Labute approximate surface area is 166 Å². The van der Waals surface area contributed by atoms with Gasteiger partial charge in [-0.05, 0) is 43.3 Å². The largest absolute Gasteiger partial charge is 0.520 e. The van der Waals surface area contributed by atoms with E-state index < -0.39 is 8.32 Å². The third kappa shape index (κ3) is 17.1. The molecule has 0 spiro atoms. The highest BCUT2D eigenvalue weighted by atomic mass is 28.4. The van der Waals surface area contributed by atoms with E-state index in [0.29, 0.717) is 12.3 Å². The van der Waals surface area contributed by atoms with Gasteiger partial charge in [0.15, 0.2) is 0 Å². The van der Waals surface area contributed by atoms with Crippen LogP contribution in [0.15, 0.2) is 0 Å². The van der Waals surface area contributed by atoms with E-state index in [1.54, 1.807) is 0 Å². The number of hydrogen-bond acceptors (Lipinski definition) is 2. The van der Waals surface area contributed by atoms with Gasteiger partial charge in [0.2, 0.25) is 8.32 Å². The molecule has 0 bridgehead atoms. The van der Waals surface area contributed by atoms with Crippen LogP contribution in [0.4, 0.5) is 0 Å². The van der Waals surface area contributed by atoms with Crippen LogP contribution in [0.25, 0.3) is 0 Å². The van der Waals surface area contributed by atoms with Gasteiger partial charge in [-0.2, -0.15) is 0 Å². The Hall–Kier alpha value is -0.313. The molecule has 0 heterocycles. The maximum atomic E-state index is 11.9. The molecular weight excluding hydrogens is 336 g/mol. The summed E-state index contributed by atoms with van der Waals surface area (Å²) in [6.07, 6.45) is 12.6. The van der Waals surface area contributed by atoms with Gasteiger partial charge in [-0.15, -0.1) is 0 Å². The van der Waals surface area contributed by atoms with Crippen molar-refractivity contribution in [2.45, 2.75) is 118 Å². The Bertz CT molecular complexity index is 360. The van der Waals surface area contributed by atoms with Gasteiger partial charge < -0.3 is 4.43 Å². The minimum Gasteiger partial charge on any atom is -0.520 e. The van der Waals surface area contributed by atoms with Crippen molar-refractivity contribution in [3.05, 3.63) is 0 Å². The second kappa shape index (κ2) is 13.8. The Kier molecular flexibility index (Phi) is 13.6. The molecule has 0 saturated heterocycles. The first kappa shape index (κ1) is 25.7. The van der Waals surface area contributed by atoms with E-state index in [2.05, 4.69) is 54.3 Å². The summed E-state index contributed by atoms with van der Waals surface area (Å²) in [5.74, 6) is 3.02. The minimum absolute atomic E-state index is 0.0103. The zero-order chi connectivity index (χ0) is 20.2. The molecule has 0 saturated carbocycles. The van der Waals surface area contributed by atoms with E-state index in [1.165, 1.54) is 51.4 Å². The molecule has 0 aliphatic heterocycles. The molecule has 0 aromatic carbocycles. The fraction of sp³-hybridized carbons (Fsp3) is 0.957. The summed E-state index contributed by atoms with van der Waals surface area (Å²) in [5, 5.41) is 0. The van der Waals surface area contributed by atoms with Crippen LogP contribution in [0.1, 0.15) is 98.8 Å². The molecule has 0 rings (SSSR count). The molecule has 0 aliphatic carbocycles. The maximum Gasteiger partial charge on any atom is 0.292 e. The highest BCUT2D eigenvalue weighted by Gasteiger charge is 2.21. The predicted octanol–water partition coefficient (Wildman–Crippen LogP) is 7.83. The van der Waals surface area contributed by atoms with Gasteiger partial charge in [-0.25, -0.2) is 0 Å². The Morgan fingerprint density at radius 3 is 1.46 bits per heavy atom. The van der Waals surface area contributed by atoms with Crippen LogP contribution in [0.5, 0.6) is 0 Å². The fourth-order valence-corrected chi connectivity index (χ4v) is 4.33. The lowest BCUT2D eigenvalue weighted by Gasteiger charge is -2.19. The van der Waals surface area contributed by atoms with Crippen LogP contribution in [-0.2, 0) is 9.22 Å². The van der Waals surface area contributed by atoms with Crippen LogP contribution in [0.3, 0.4) is 0 Å². The van der Waals surface area contributed by atoms with E-state index in [-0.39, 0.29) is 5.97 Å². The fourth-order valence-electron chi connectivity index (χ4n) is 3.56. The first-order valence-corrected chi connectivity index (χ1v) is 14.6. The van der Waals surface area contributed by atoms with Gasteiger partial charge >= 0.3 is 0 Å². The molecule has 0 radical (unpaired) electrons. The SMILES string of the molecule is CC(C)CCCC(C)CCCC(C)CCCC(C)CC(=O)O[Si](C)(C)C. The van der Waals surface area contributed by atoms with Crippen molar-refractivity contribution >= 4 is 14.3 Å². The summed E-state index contributed by atoms with van der Waals surface area (Å²) in [4.78, 5) is 11.9.